The highest BCUT2D eigenvalue weighted by Crippen LogP contribution is 2.14. The minimum absolute atomic E-state index is 0.0280. The molecule has 0 radical (unpaired) electrons. The molecular weight excluding hydrogens is 270 g/mol. The lowest BCUT2D eigenvalue weighted by Gasteiger charge is -2.18. The fourth-order valence-electron chi connectivity index (χ4n) is 2.13. The predicted octanol–water partition coefficient (Wildman–Crippen LogP) is 4.17. The van der Waals surface area contributed by atoms with E-state index in [-0.39, 0.29) is 5.91 Å². The van der Waals surface area contributed by atoms with Gasteiger partial charge in [0, 0.05) is 24.2 Å². The van der Waals surface area contributed by atoms with Crippen molar-refractivity contribution in [3.8, 4) is 0 Å². The van der Waals surface area contributed by atoms with Crippen molar-refractivity contribution in [2.75, 3.05) is 7.05 Å². The van der Waals surface area contributed by atoms with Gasteiger partial charge in [-0.15, -0.1) is 0 Å². The van der Waals surface area contributed by atoms with Crippen LogP contribution >= 0.6 is 11.6 Å². The maximum Gasteiger partial charge on any atom is 0.253 e. The van der Waals surface area contributed by atoms with Crippen molar-refractivity contribution in [3.05, 3.63) is 70.2 Å². The van der Waals surface area contributed by atoms with Crippen molar-refractivity contribution < 1.29 is 4.79 Å². The number of benzene rings is 2. The minimum Gasteiger partial charge on any atom is -0.337 e. The van der Waals surface area contributed by atoms with Gasteiger partial charge < -0.3 is 4.90 Å². The van der Waals surface area contributed by atoms with Crippen molar-refractivity contribution in [1.29, 1.82) is 0 Å². The highest BCUT2D eigenvalue weighted by Gasteiger charge is 2.12. The van der Waals surface area contributed by atoms with E-state index in [2.05, 4.69) is 6.92 Å². The zero-order valence-electron chi connectivity index (χ0n) is 11.8. The summed E-state index contributed by atoms with van der Waals surface area (Å²) in [5, 5.41) is 0.691. The third-order valence-electron chi connectivity index (χ3n) is 3.24. The van der Waals surface area contributed by atoms with Gasteiger partial charge in [-0.05, 0) is 41.8 Å². The van der Waals surface area contributed by atoms with Gasteiger partial charge in [-0.3, -0.25) is 4.79 Å². The molecule has 0 aliphatic heterocycles. The molecule has 0 saturated carbocycles. The molecule has 0 bridgehead atoms. The Morgan fingerprint density at radius 2 is 1.80 bits per heavy atom. The van der Waals surface area contributed by atoms with Gasteiger partial charge >= 0.3 is 0 Å². The van der Waals surface area contributed by atoms with Crippen molar-refractivity contribution in [2.45, 2.75) is 19.9 Å². The van der Waals surface area contributed by atoms with Gasteiger partial charge in [-0.2, -0.15) is 0 Å². The molecule has 0 saturated heterocycles. The van der Waals surface area contributed by atoms with Crippen LogP contribution < -0.4 is 0 Å². The summed E-state index contributed by atoms with van der Waals surface area (Å²) in [6, 6.07) is 15.4. The van der Waals surface area contributed by atoms with Gasteiger partial charge in [-0.1, -0.05) is 42.8 Å². The second kappa shape index (κ2) is 6.58. The van der Waals surface area contributed by atoms with Gasteiger partial charge in [0.25, 0.3) is 5.91 Å². The molecule has 0 heterocycles. The summed E-state index contributed by atoms with van der Waals surface area (Å²) >= 11 is 5.96. The van der Waals surface area contributed by atoms with Crippen LogP contribution in [0, 0.1) is 0 Å². The van der Waals surface area contributed by atoms with Crippen molar-refractivity contribution >= 4 is 17.5 Å². The molecular formula is C17H18ClNO. The molecule has 0 atom stereocenters. The van der Waals surface area contributed by atoms with Crippen molar-refractivity contribution in [1.82, 2.24) is 4.90 Å². The zero-order chi connectivity index (χ0) is 14.5. The topological polar surface area (TPSA) is 20.3 Å². The van der Waals surface area contributed by atoms with Gasteiger partial charge in [0.1, 0.15) is 0 Å². The average molecular weight is 288 g/mol. The van der Waals surface area contributed by atoms with Crippen LogP contribution in [0.2, 0.25) is 5.02 Å². The van der Waals surface area contributed by atoms with E-state index in [0.29, 0.717) is 11.6 Å². The Kier molecular flexibility index (Phi) is 4.80. The van der Waals surface area contributed by atoms with E-state index in [0.717, 1.165) is 17.5 Å². The summed E-state index contributed by atoms with van der Waals surface area (Å²) in [5.74, 6) is 0.0280. The van der Waals surface area contributed by atoms with Crippen LogP contribution in [-0.2, 0) is 13.0 Å². The number of hydrogen-bond acceptors (Lipinski definition) is 1. The summed E-state index contributed by atoms with van der Waals surface area (Å²) in [6.45, 7) is 2.63. The average Bonchev–Trinajstić information content (AvgIpc) is 2.46. The number of amides is 1. The Morgan fingerprint density at radius 1 is 1.10 bits per heavy atom. The summed E-state index contributed by atoms with van der Waals surface area (Å²) < 4.78 is 0. The SMILES string of the molecule is CCc1cccc(C(=O)N(C)Cc2cccc(Cl)c2)c1. The first kappa shape index (κ1) is 14.6. The number of rotatable bonds is 4. The standard InChI is InChI=1S/C17H18ClNO/c1-3-13-6-4-8-15(10-13)17(20)19(2)12-14-7-5-9-16(18)11-14/h4-11H,3,12H2,1-2H3. The molecule has 20 heavy (non-hydrogen) atoms. The van der Waals surface area contributed by atoms with Gasteiger partial charge in [0.05, 0.1) is 0 Å². The summed E-state index contributed by atoms with van der Waals surface area (Å²) in [7, 11) is 1.81. The fourth-order valence-corrected chi connectivity index (χ4v) is 2.34. The van der Waals surface area contributed by atoms with Gasteiger partial charge in [-0.25, -0.2) is 0 Å². The second-order valence-corrected chi connectivity index (χ2v) is 5.28. The largest absolute Gasteiger partial charge is 0.337 e. The summed E-state index contributed by atoms with van der Waals surface area (Å²) in [4.78, 5) is 14.1. The first-order chi connectivity index (χ1) is 9.60. The van der Waals surface area contributed by atoms with Crippen LogP contribution in [-0.4, -0.2) is 17.9 Å². The number of carbonyl (C=O) groups excluding carboxylic acids is 1. The Balaban J connectivity index is 2.12. The van der Waals surface area contributed by atoms with Crippen LogP contribution in [0.1, 0.15) is 28.4 Å². The molecule has 104 valence electrons. The van der Waals surface area contributed by atoms with E-state index in [1.807, 2.05) is 55.6 Å². The predicted molar refractivity (Wildman–Crippen MR) is 83.1 cm³/mol. The second-order valence-electron chi connectivity index (χ2n) is 4.85. The third-order valence-corrected chi connectivity index (χ3v) is 3.47. The normalized spacial score (nSPS) is 10.3. The summed E-state index contributed by atoms with van der Waals surface area (Å²) in [6.07, 6.45) is 0.930. The van der Waals surface area contributed by atoms with E-state index in [1.165, 1.54) is 5.56 Å². The Hall–Kier alpha value is -1.80. The molecule has 0 aliphatic rings. The molecule has 0 spiro atoms. The Morgan fingerprint density at radius 3 is 2.50 bits per heavy atom. The van der Waals surface area contributed by atoms with E-state index >= 15 is 0 Å². The molecule has 2 rings (SSSR count). The number of nitrogens with zero attached hydrogens (tertiary/aromatic N) is 1. The Labute approximate surface area is 125 Å². The lowest BCUT2D eigenvalue weighted by molar-refractivity contribution is 0.0785. The molecule has 3 heteroatoms. The van der Waals surface area contributed by atoms with Crippen molar-refractivity contribution in [2.24, 2.45) is 0 Å². The first-order valence-corrected chi connectivity index (χ1v) is 7.07. The van der Waals surface area contributed by atoms with Crippen LogP contribution in [0.15, 0.2) is 48.5 Å². The number of aryl methyl sites for hydroxylation is 1. The molecule has 0 unspecified atom stereocenters. The number of hydrogen-bond donors (Lipinski definition) is 0. The molecule has 2 aromatic carbocycles. The highest BCUT2D eigenvalue weighted by molar-refractivity contribution is 6.30. The zero-order valence-corrected chi connectivity index (χ0v) is 12.5. The van der Waals surface area contributed by atoms with E-state index in [9.17, 15) is 4.79 Å². The molecule has 0 aliphatic carbocycles. The van der Waals surface area contributed by atoms with E-state index < -0.39 is 0 Å². The monoisotopic (exact) mass is 287 g/mol. The molecule has 2 nitrogen and oxygen atoms in total. The number of halogens is 1. The quantitative estimate of drug-likeness (QED) is 0.826. The minimum atomic E-state index is 0.0280. The molecule has 0 fully saturated rings. The van der Waals surface area contributed by atoms with Crippen LogP contribution in [0.25, 0.3) is 0 Å². The summed E-state index contributed by atoms with van der Waals surface area (Å²) in [5.41, 5.74) is 2.93. The first-order valence-electron chi connectivity index (χ1n) is 6.69. The molecule has 0 aromatic heterocycles. The molecule has 2 aromatic rings. The maximum atomic E-state index is 12.4. The molecule has 0 N–H and O–H groups in total. The van der Waals surface area contributed by atoms with Crippen LogP contribution in [0.4, 0.5) is 0 Å². The number of carbonyl (C=O) groups is 1. The maximum absolute atomic E-state index is 12.4. The van der Waals surface area contributed by atoms with E-state index in [4.69, 9.17) is 11.6 Å². The molecule has 1 amide bonds. The van der Waals surface area contributed by atoms with Gasteiger partial charge in [0.2, 0.25) is 0 Å². The van der Waals surface area contributed by atoms with Crippen molar-refractivity contribution in [3.63, 3.8) is 0 Å². The highest BCUT2D eigenvalue weighted by atomic mass is 35.5. The van der Waals surface area contributed by atoms with Gasteiger partial charge in [0.15, 0.2) is 0 Å². The third kappa shape index (κ3) is 3.61. The van der Waals surface area contributed by atoms with Crippen LogP contribution in [0.5, 0.6) is 0 Å². The van der Waals surface area contributed by atoms with E-state index in [1.54, 1.807) is 4.90 Å². The lowest BCUT2D eigenvalue weighted by Crippen LogP contribution is -2.26. The Bertz CT molecular complexity index is 609. The lowest BCUT2D eigenvalue weighted by atomic mass is 10.1. The smallest absolute Gasteiger partial charge is 0.253 e. The fraction of sp³-hybridized carbons (Fsp3) is 0.235. The van der Waals surface area contributed by atoms with Crippen LogP contribution in [0.3, 0.4) is 0 Å².